The fourth-order valence-electron chi connectivity index (χ4n) is 2.15. The first-order valence-corrected chi connectivity index (χ1v) is 7.27. The molecule has 2 N–H and O–H groups in total. The number of pyridine rings is 1. The first-order chi connectivity index (χ1) is 10.7. The van der Waals surface area contributed by atoms with Crippen molar-refractivity contribution < 1.29 is 4.84 Å². The highest BCUT2D eigenvalue weighted by atomic mass is 32.1. The fourth-order valence-corrected chi connectivity index (χ4v) is 2.31. The molecule has 3 aromatic rings. The third kappa shape index (κ3) is 3.21. The van der Waals surface area contributed by atoms with Gasteiger partial charge in [-0.1, -0.05) is 42.5 Å². The van der Waals surface area contributed by atoms with Gasteiger partial charge in [0.05, 0.1) is 16.9 Å². The zero-order valence-corrected chi connectivity index (χ0v) is 12.7. The molecule has 0 aliphatic heterocycles. The van der Waals surface area contributed by atoms with Crippen molar-refractivity contribution in [2.75, 3.05) is 5.06 Å². The van der Waals surface area contributed by atoms with E-state index in [4.69, 9.17) is 22.8 Å². The van der Waals surface area contributed by atoms with Gasteiger partial charge in [0.1, 0.15) is 6.61 Å². The molecule has 0 saturated carbocycles. The second-order valence-electron chi connectivity index (χ2n) is 4.74. The van der Waals surface area contributed by atoms with Gasteiger partial charge >= 0.3 is 0 Å². The lowest BCUT2D eigenvalue weighted by Crippen LogP contribution is -2.35. The summed E-state index contributed by atoms with van der Waals surface area (Å²) in [5, 5.41) is 2.69. The third-order valence-corrected chi connectivity index (χ3v) is 3.35. The second-order valence-corrected chi connectivity index (χ2v) is 5.16. The van der Waals surface area contributed by atoms with Crippen LogP contribution in [0.2, 0.25) is 0 Å². The number of thiocarbonyl (C=S) groups is 1. The van der Waals surface area contributed by atoms with Crippen LogP contribution in [0.15, 0.2) is 66.7 Å². The third-order valence-electron chi connectivity index (χ3n) is 3.19. The van der Waals surface area contributed by atoms with Gasteiger partial charge in [-0.15, -0.1) is 0 Å². The molecule has 0 unspecified atom stereocenters. The number of para-hydroxylation sites is 2. The maximum Gasteiger partial charge on any atom is 0.195 e. The van der Waals surface area contributed by atoms with Crippen LogP contribution in [-0.2, 0) is 11.4 Å². The molecule has 0 saturated heterocycles. The summed E-state index contributed by atoms with van der Waals surface area (Å²) in [6.45, 7) is 0.289. The van der Waals surface area contributed by atoms with Crippen LogP contribution in [-0.4, -0.2) is 10.1 Å². The van der Waals surface area contributed by atoms with Crippen LogP contribution < -0.4 is 10.8 Å². The Morgan fingerprint density at radius 2 is 1.73 bits per heavy atom. The van der Waals surface area contributed by atoms with Gasteiger partial charge < -0.3 is 5.73 Å². The van der Waals surface area contributed by atoms with Crippen LogP contribution in [0, 0.1) is 0 Å². The second kappa shape index (κ2) is 6.51. The van der Waals surface area contributed by atoms with E-state index in [0.717, 1.165) is 22.3 Å². The number of anilines is 1. The molecule has 0 aliphatic carbocycles. The molecule has 0 aliphatic rings. The van der Waals surface area contributed by atoms with Crippen molar-refractivity contribution in [2.24, 2.45) is 5.73 Å². The summed E-state index contributed by atoms with van der Waals surface area (Å²) in [5.41, 5.74) is 8.27. The summed E-state index contributed by atoms with van der Waals surface area (Å²) in [6.07, 6.45) is 0. The van der Waals surface area contributed by atoms with Crippen molar-refractivity contribution in [1.82, 2.24) is 4.98 Å². The van der Waals surface area contributed by atoms with E-state index >= 15 is 0 Å². The maximum atomic E-state index is 5.74. The molecule has 110 valence electrons. The molecule has 22 heavy (non-hydrogen) atoms. The number of fused-ring (bicyclic) bond motifs is 1. The highest BCUT2D eigenvalue weighted by Gasteiger charge is 2.10. The zero-order chi connectivity index (χ0) is 15.4. The average Bonchev–Trinajstić information content (AvgIpc) is 2.55. The SMILES string of the molecule is NC(=S)N(OCc1ccc2ccccc2n1)c1ccccc1. The maximum absolute atomic E-state index is 5.74. The fraction of sp³-hybridized carbons (Fsp3) is 0.0588. The zero-order valence-electron chi connectivity index (χ0n) is 11.8. The van der Waals surface area contributed by atoms with Gasteiger partial charge in [-0.05, 0) is 36.5 Å². The number of nitrogens with two attached hydrogens (primary N) is 1. The largest absolute Gasteiger partial charge is 0.374 e. The molecule has 1 aromatic heterocycles. The molecule has 0 radical (unpaired) electrons. The smallest absolute Gasteiger partial charge is 0.195 e. The molecular weight excluding hydrogens is 294 g/mol. The lowest BCUT2D eigenvalue weighted by molar-refractivity contribution is 0.127. The molecule has 0 spiro atoms. The first-order valence-electron chi connectivity index (χ1n) is 6.86. The summed E-state index contributed by atoms with van der Waals surface area (Å²) in [4.78, 5) is 10.3. The van der Waals surface area contributed by atoms with Gasteiger partial charge in [0.2, 0.25) is 0 Å². The predicted octanol–water partition coefficient (Wildman–Crippen LogP) is 3.42. The topological polar surface area (TPSA) is 51.4 Å². The van der Waals surface area contributed by atoms with E-state index < -0.39 is 0 Å². The normalized spacial score (nSPS) is 10.5. The van der Waals surface area contributed by atoms with Crippen LogP contribution in [0.25, 0.3) is 10.9 Å². The Bertz CT molecular complexity index is 792. The standard InChI is InChI=1S/C17H15N3OS/c18-17(22)20(15-7-2-1-3-8-15)21-12-14-11-10-13-6-4-5-9-16(13)19-14/h1-11H,12H2,(H2,18,22). The van der Waals surface area contributed by atoms with Crippen molar-refractivity contribution in [1.29, 1.82) is 0 Å². The lowest BCUT2D eigenvalue weighted by Gasteiger charge is -2.21. The number of benzene rings is 2. The van der Waals surface area contributed by atoms with Crippen LogP contribution in [0.5, 0.6) is 0 Å². The summed E-state index contributed by atoms with van der Waals surface area (Å²) in [5.74, 6) is 0. The van der Waals surface area contributed by atoms with E-state index in [9.17, 15) is 0 Å². The molecule has 3 rings (SSSR count). The Labute approximate surface area is 134 Å². The minimum Gasteiger partial charge on any atom is -0.374 e. The number of aromatic nitrogens is 1. The molecule has 1 heterocycles. The number of hydrogen-bond acceptors (Lipinski definition) is 3. The summed E-state index contributed by atoms with van der Waals surface area (Å²) < 4.78 is 0. The van der Waals surface area contributed by atoms with Crippen LogP contribution in [0.4, 0.5) is 5.69 Å². The molecule has 4 nitrogen and oxygen atoms in total. The van der Waals surface area contributed by atoms with Gasteiger partial charge in [-0.3, -0.25) is 9.82 Å². The van der Waals surface area contributed by atoms with E-state index in [1.54, 1.807) is 0 Å². The highest BCUT2D eigenvalue weighted by molar-refractivity contribution is 7.80. The molecule has 0 fully saturated rings. The Morgan fingerprint density at radius 3 is 2.50 bits per heavy atom. The van der Waals surface area contributed by atoms with Crippen molar-refractivity contribution in [3.05, 3.63) is 72.4 Å². The Balaban J connectivity index is 1.78. The summed E-state index contributed by atoms with van der Waals surface area (Å²) in [6, 6.07) is 21.4. The molecule has 5 heteroatoms. The molecule has 0 amide bonds. The van der Waals surface area contributed by atoms with Crippen molar-refractivity contribution in [2.45, 2.75) is 6.61 Å². The molecular formula is C17H15N3OS. The van der Waals surface area contributed by atoms with Gasteiger partial charge in [0, 0.05) is 5.39 Å². The quantitative estimate of drug-likeness (QED) is 0.591. The Hall–Kier alpha value is -2.50. The van der Waals surface area contributed by atoms with Gasteiger partial charge in [-0.25, -0.2) is 0 Å². The summed E-state index contributed by atoms with van der Waals surface area (Å²) in [7, 11) is 0. The van der Waals surface area contributed by atoms with Gasteiger partial charge in [-0.2, -0.15) is 5.06 Å². The minimum atomic E-state index is 0.159. The number of hydroxylamine groups is 1. The number of hydrogen-bond donors (Lipinski definition) is 1. The molecule has 2 aromatic carbocycles. The first kappa shape index (κ1) is 14.4. The summed E-state index contributed by atoms with van der Waals surface area (Å²) >= 11 is 5.05. The monoisotopic (exact) mass is 309 g/mol. The van der Waals surface area contributed by atoms with Crippen LogP contribution in [0.3, 0.4) is 0 Å². The molecule has 0 bridgehead atoms. The van der Waals surface area contributed by atoms with E-state index in [1.165, 1.54) is 5.06 Å². The van der Waals surface area contributed by atoms with Crippen molar-refractivity contribution >= 4 is 33.9 Å². The van der Waals surface area contributed by atoms with E-state index in [0.29, 0.717) is 0 Å². The lowest BCUT2D eigenvalue weighted by atomic mass is 10.2. The number of nitrogens with zero attached hydrogens (tertiary/aromatic N) is 2. The highest BCUT2D eigenvalue weighted by Crippen LogP contribution is 2.16. The van der Waals surface area contributed by atoms with Crippen LogP contribution >= 0.6 is 12.2 Å². The van der Waals surface area contributed by atoms with Crippen molar-refractivity contribution in [3.8, 4) is 0 Å². The van der Waals surface area contributed by atoms with Gasteiger partial charge in [0.15, 0.2) is 5.11 Å². The number of rotatable bonds is 4. The van der Waals surface area contributed by atoms with E-state index in [2.05, 4.69) is 4.98 Å². The molecule has 0 atom stereocenters. The van der Waals surface area contributed by atoms with E-state index in [-0.39, 0.29) is 11.7 Å². The predicted molar refractivity (Wildman–Crippen MR) is 92.2 cm³/mol. The average molecular weight is 309 g/mol. The van der Waals surface area contributed by atoms with Crippen LogP contribution in [0.1, 0.15) is 5.69 Å². The van der Waals surface area contributed by atoms with Crippen molar-refractivity contribution in [3.63, 3.8) is 0 Å². The Kier molecular flexibility index (Phi) is 4.27. The van der Waals surface area contributed by atoms with E-state index in [1.807, 2.05) is 66.7 Å². The minimum absolute atomic E-state index is 0.159. The van der Waals surface area contributed by atoms with Gasteiger partial charge in [0.25, 0.3) is 0 Å². The Morgan fingerprint density at radius 1 is 1.00 bits per heavy atom.